The van der Waals surface area contributed by atoms with Crippen LogP contribution in [0.5, 0.6) is 0 Å². The maximum atomic E-state index is 12.7. The van der Waals surface area contributed by atoms with Crippen molar-refractivity contribution in [3.8, 4) is 0 Å². The van der Waals surface area contributed by atoms with Gasteiger partial charge in [-0.15, -0.1) is 0 Å². The molecule has 2 rings (SSSR count). The minimum atomic E-state index is -3.17. The summed E-state index contributed by atoms with van der Waals surface area (Å²) in [5.74, 6) is 0.102. The van der Waals surface area contributed by atoms with Crippen molar-refractivity contribution in [2.24, 2.45) is 0 Å². The maximum absolute atomic E-state index is 12.7. The van der Waals surface area contributed by atoms with Crippen molar-refractivity contribution in [1.82, 2.24) is 14.3 Å². The van der Waals surface area contributed by atoms with E-state index in [1.165, 1.54) is 4.31 Å². The van der Waals surface area contributed by atoms with Crippen molar-refractivity contribution < 1.29 is 12.8 Å². The van der Waals surface area contributed by atoms with Crippen LogP contribution in [0.15, 0.2) is 12.4 Å². The van der Waals surface area contributed by atoms with E-state index in [9.17, 15) is 12.8 Å². The topological polar surface area (TPSA) is 63.2 Å². The summed E-state index contributed by atoms with van der Waals surface area (Å²) in [4.78, 5) is 7.87. The van der Waals surface area contributed by atoms with Gasteiger partial charge in [0, 0.05) is 19.0 Å². The van der Waals surface area contributed by atoms with Gasteiger partial charge in [0.2, 0.25) is 10.0 Å². The van der Waals surface area contributed by atoms with Gasteiger partial charge < -0.3 is 0 Å². The monoisotopic (exact) mass is 273 g/mol. The van der Waals surface area contributed by atoms with Gasteiger partial charge in [0.15, 0.2) is 5.82 Å². The molecule has 0 aliphatic carbocycles. The summed E-state index contributed by atoms with van der Waals surface area (Å²) in [7, 11) is -3.17. The highest BCUT2D eigenvalue weighted by molar-refractivity contribution is 7.89. The summed E-state index contributed by atoms with van der Waals surface area (Å²) in [5, 5.41) is 0. The lowest BCUT2D eigenvalue weighted by molar-refractivity contribution is 0.309. The number of halogens is 1. The molecule has 5 nitrogen and oxygen atoms in total. The molecular weight excluding hydrogens is 257 g/mol. The third-order valence-corrected chi connectivity index (χ3v) is 5.00. The molecule has 0 saturated carbocycles. The summed E-state index contributed by atoms with van der Waals surface area (Å²) < 4.78 is 37.8. The van der Waals surface area contributed by atoms with Gasteiger partial charge in [-0.1, -0.05) is 0 Å². The molecule has 2 heterocycles. The van der Waals surface area contributed by atoms with Crippen LogP contribution in [0.2, 0.25) is 0 Å². The van der Waals surface area contributed by atoms with Crippen LogP contribution in [0, 0.1) is 5.82 Å². The second kappa shape index (κ2) is 5.27. The number of nitrogens with zero attached hydrogens (tertiary/aromatic N) is 3. The van der Waals surface area contributed by atoms with Gasteiger partial charge in [-0.2, -0.15) is 0 Å². The fourth-order valence-corrected chi connectivity index (χ4v) is 3.30. The van der Waals surface area contributed by atoms with Gasteiger partial charge in [0.1, 0.15) is 5.82 Å². The summed E-state index contributed by atoms with van der Waals surface area (Å²) in [6.07, 6.45) is 3.86. The standard InChI is InChI=1S/C11H16FN3O2S/c1-2-18(16,17)15-5-3-4-9(8-15)11-13-6-10(12)7-14-11/h6-7,9H,2-5,8H2,1H3. The van der Waals surface area contributed by atoms with E-state index in [1.807, 2.05) is 0 Å². The zero-order valence-corrected chi connectivity index (χ0v) is 11.0. The lowest BCUT2D eigenvalue weighted by Gasteiger charge is -2.30. The van der Waals surface area contributed by atoms with Crippen molar-refractivity contribution in [2.75, 3.05) is 18.8 Å². The molecule has 1 unspecified atom stereocenters. The van der Waals surface area contributed by atoms with E-state index in [-0.39, 0.29) is 11.7 Å². The molecule has 18 heavy (non-hydrogen) atoms. The highest BCUT2D eigenvalue weighted by Crippen LogP contribution is 2.25. The second-order valence-corrected chi connectivity index (χ2v) is 6.61. The fraction of sp³-hybridized carbons (Fsp3) is 0.636. The highest BCUT2D eigenvalue weighted by atomic mass is 32.2. The minimum absolute atomic E-state index is 0.0410. The molecule has 1 aromatic rings. The molecule has 1 saturated heterocycles. The lowest BCUT2D eigenvalue weighted by atomic mass is 9.99. The van der Waals surface area contributed by atoms with Crippen LogP contribution in [0.3, 0.4) is 0 Å². The average molecular weight is 273 g/mol. The van der Waals surface area contributed by atoms with Crippen LogP contribution in [-0.2, 0) is 10.0 Å². The van der Waals surface area contributed by atoms with E-state index in [1.54, 1.807) is 6.92 Å². The Morgan fingerprint density at radius 3 is 2.72 bits per heavy atom. The maximum Gasteiger partial charge on any atom is 0.213 e. The van der Waals surface area contributed by atoms with E-state index in [4.69, 9.17) is 0 Å². The smallest absolute Gasteiger partial charge is 0.213 e. The average Bonchev–Trinajstić information content (AvgIpc) is 2.40. The Bertz CT molecular complexity index is 504. The number of hydrogen-bond donors (Lipinski definition) is 0. The molecular formula is C11H16FN3O2S. The molecule has 0 aromatic carbocycles. The number of piperidine rings is 1. The van der Waals surface area contributed by atoms with Gasteiger partial charge in [0.05, 0.1) is 18.1 Å². The number of hydrogen-bond acceptors (Lipinski definition) is 4. The predicted molar refractivity (Wildman–Crippen MR) is 65.0 cm³/mol. The summed E-state index contributed by atoms with van der Waals surface area (Å²) in [6.45, 7) is 2.57. The van der Waals surface area contributed by atoms with Crippen molar-refractivity contribution in [3.05, 3.63) is 24.0 Å². The quantitative estimate of drug-likeness (QED) is 0.828. The first-order valence-electron chi connectivity index (χ1n) is 5.98. The molecule has 1 atom stereocenters. The van der Waals surface area contributed by atoms with Crippen molar-refractivity contribution in [2.45, 2.75) is 25.7 Å². The Hall–Kier alpha value is -1.08. The SMILES string of the molecule is CCS(=O)(=O)N1CCCC(c2ncc(F)cn2)C1. The zero-order valence-electron chi connectivity index (χ0n) is 10.2. The molecule has 1 aliphatic heterocycles. The Morgan fingerprint density at radius 1 is 1.44 bits per heavy atom. The van der Waals surface area contributed by atoms with E-state index in [2.05, 4.69) is 9.97 Å². The largest absolute Gasteiger partial charge is 0.238 e. The molecule has 100 valence electrons. The van der Waals surface area contributed by atoms with E-state index < -0.39 is 15.8 Å². The number of sulfonamides is 1. The van der Waals surface area contributed by atoms with Crippen LogP contribution < -0.4 is 0 Å². The second-order valence-electron chi connectivity index (χ2n) is 4.36. The van der Waals surface area contributed by atoms with Crippen LogP contribution in [0.25, 0.3) is 0 Å². The minimum Gasteiger partial charge on any atom is -0.238 e. The van der Waals surface area contributed by atoms with Crippen LogP contribution in [-0.4, -0.2) is 41.5 Å². The summed E-state index contributed by atoms with van der Waals surface area (Å²) in [5.41, 5.74) is 0. The zero-order chi connectivity index (χ0) is 13.2. The highest BCUT2D eigenvalue weighted by Gasteiger charge is 2.29. The van der Waals surface area contributed by atoms with Gasteiger partial charge in [-0.25, -0.2) is 27.1 Å². The number of aromatic nitrogens is 2. The molecule has 0 spiro atoms. The molecule has 1 aromatic heterocycles. The van der Waals surface area contributed by atoms with Crippen molar-refractivity contribution in [1.29, 1.82) is 0 Å². The fourth-order valence-electron chi connectivity index (χ4n) is 2.12. The third-order valence-electron chi connectivity index (χ3n) is 3.15. The van der Waals surface area contributed by atoms with Gasteiger partial charge in [0.25, 0.3) is 0 Å². The van der Waals surface area contributed by atoms with Crippen LogP contribution in [0.4, 0.5) is 4.39 Å². The Morgan fingerprint density at radius 2 is 2.11 bits per heavy atom. The van der Waals surface area contributed by atoms with Gasteiger partial charge in [-0.3, -0.25) is 0 Å². The summed E-state index contributed by atoms with van der Waals surface area (Å²) >= 11 is 0. The normalized spacial score (nSPS) is 22.0. The summed E-state index contributed by atoms with van der Waals surface area (Å²) in [6, 6.07) is 0. The first-order chi connectivity index (χ1) is 8.53. The first kappa shape index (κ1) is 13.4. The first-order valence-corrected chi connectivity index (χ1v) is 7.59. The molecule has 0 N–H and O–H groups in total. The van der Waals surface area contributed by atoms with E-state index in [0.29, 0.717) is 18.9 Å². The molecule has 1 aliphatic rings. The van der Waals surface area contributed by atoms with E-state index >= 15 is 0 Å². The third kappa shape index (κ3) is 2.84. The van der Waals surface area contributed by atoms with Crippen molar-refractivity contribution in [3.63, 3.8) is 0 Å². The number of rotatable bonds is 3. The Kier molecular flexibility index (Phi) is 3.91. The Balaban J connectivity index is 2.14. The van der Waals surface area contributed by atoms with E-state index in [0.717, 1.165) is 25.2 Å². The Labute approximate surface area is 106 Å². The molecule has 0 bridgehead atoms. The van der Waals surface area contributed by atoms with Gasteiger partial charge >= 0.3 is 0 Å². The van der Waals surface area contributed by atoms with Crippen LogP contribution >= 0.6 is 0 Å². The lowest BCUT2D eigenvalue weighted by Crippen LogP contribution is -2.40. The van der Waals surface area contributed by atoms with Gasteiger partial charge in [-0.05, 0) is 19.8 Å². The molecule has 7 heteroatoms. The van der Waals surface area contributed by atoms with Crippen molar-refractivity contribution >= 4 is 10.0 Å². The molecule has 0 radical (unpaired) electrons. The molecule has 0 amide bonds. The predicted octanol–water partition coefficient (Wildman–Crippen LogP) is 1.14. The van der Waals surface area contributed by atoms with Crippen LogP contribution in [0.1, 0.15) is 31.5 Å². The molecule has 1 fully saturated rings.